The van der Waals surface area contributed by atoms with Crippen LogP contribution in [-0.4, -0.2) is 51.7 Å². The van der Waals surface area contributed by atoms with Gasteiger partial charge >= 0.3 is 5.97 Å². The normalized spacial score (nSPS) is 12.0. The van der Waals surface area contributed by atoms with Gasteiger partial charge in [0.1, 0.15) is 17.2 Å². The summed E-state index contributed by atoms with van der Waals surface area (Å²) >= 11 is 0. The Morgan fingerprint density at radius 2 is 1.89 bits per heavy atom. The molecular formula is C25H29F2N5O3. The second kappa shape index (κ2) is 11.2. The van der Waals surface area contributed by atoms with Gasteiger partial charge < -0.3 is 9.64 Å². The van der Waals surface area contributed by atoms with Gasteiger partial charge in [0, 0.05) is 26.1 Å². The number of hydrogen-bond donors (Lipinski definition) is 0. The second-order valence-corrected chi connectivity index (χ2v) is 8.57. The molecule has 0 radical (unpaired) electrons. The summed E-state index contributed by atoms with van der Waals surface area (Å²) < 4.78 is 35.4. The van der Waals surface area contributed by atoms with Gasteiger partial charge in [0.15, 0.2) is 23.2 Å². The molecule has 1 aromatic carbocycles. The number of ether oxygens (including phenoxy) is 1. The Hall–Kier alpha value is -3.69. The number of carbonyl (C=O) groups excluding carboxylic acids is 2. The van der Waals surface area contributed by atoms with Crippen LogP contribution in [0.15, 0.2) is 36.5 Å². The van der Waals surface area contributed by atoms with Crippen LogP contribution in [0, 0.1) is 23.5 Å². The molecule has 3 rings (SSSR count). The number of carbonyl (C=O) groups is 2. The Morgan fingerprint density at radius 3 is 2.51 bits per heavy atom. The van der Waals surface area contributed by atoms with Gasteiger partial charge in [-0.1, -0.05) is 32.0 Å². The first-order valence-corrected chi connectivity index (χ1v) is 11.3. The van der Waals surface area contributed by atoms with Gasteiger partial charge in [0.05, 0.1) is 25.3 Å². The summed E-state index contributed by atoms with van der Waals surface area (Å²) in [7, 11) is 1.63. The molecule has 0 fully saturated rings. The minimum absolute atomic E-state index is 0.0158. The number of esters is 1. The van der Waals surface area contributed by atoms with Crippen LogP contribution in [0.5, 0.6) is 0 Å². The molecule has 186 valence electrons. The fourth-order valence-corrected chi connectivity index (χ4v) is 3.66. The number of nitrogens with zero attached hydrogens (tertiary/aromatic N) is 5. The first-order valence-electron chi connectivity index (χ1n) is 11.3. The van der Waals surface area contributed by atoms with E-state index in [1.165, 1.54) is 28.6 Å². The molecule has 8 nitrogen and oxygen atoms in total. The fourth-order valence-electron chi connectivity index (χ4n) is 3.66. The van der Waals surface area contributed by atoms with Crippen molar-refractivity contribution in [3.05, 3.63) is 59.4 Å². The molecule has 2 heterocycles. The van der Waals surface area contributed by atoms with E-state index in [0.29, 0.717) is 5.56 Å². The molecule has 0 N–H and O–H groups in total. The third-order valence-electron chi connectivity index (χ3n) is 5.60. The van der Waals surface area contributed by atoms with Crippen molar-refractivity contribution in [3.8, 4) is 11.5 Å². The van der Waals surface area contributed by atoms with E-state index in [0.717, 1.165) is 6.20 Å². The van der Waals surface area contributed by atoms with Crippen molar-refractivity contribution in [2.75, 3.05) is 25.1 Å². The number of anilines is 1. The van der Waals surface area contributed by atoms with Crippen molar-refractivity contribution in [3.63, 3.8) is 0 Å². The highest BCUT2D eigenvalue weighted by Gasteiger charge is 2.27. The second-order valence-electron chi connectivity index (χ2n) is 8.57. The maximum atomic E-state index is 14.7. The maximum Gasteiger partial charge on any atom is 0.310 e. The van der Waals surface area contributed by atoms with Crippen LogP contribution < -0.4 is 4.90 Å². The SMILES string of the molecule is CCOC(=O)[C@H](CN(C)c1nc(-c2cc(C(C)=O)n(Cc3ccccc3F)n2)ncc1F)C(C)C. The molecule has 0 saturated carbocycles. The first kappa shape index (κ1) is 25.9. The number of hydrogen-bond acceptors (Lipinski definition) is 7. The van der Waals surface area contributed by atoms with Crippen LogP contribution in [0.1, 0.15) is 43.7 Å². The van der Waals surface area contributed by atoms with Gasteiger partial charge in [-0.05, 0) is 25.0 Å². The summed E-state index contributed by atoms with van der Waals surface area (Å²) in [6.07, 6.45) is 1.02. The molecule has 0 bridgehead atoms. The third kappa shape index (κ3) is 6.06. The summed E-state index contributed by atoms with van der Waals surface area (Å²) in [6, 6.07) is 7.71. The van der Waals surface area contributed by atoms with E-state index in [4.69, 9.17) is 4.74 Å². The van der Waals surface area contributed by atoms with Crippen molar-refractivity contribution in [1.29, 1.82) is 0 Å². The molecule has 0 amide bonds. The van der Waals surface area contributed by atoms with E-state index < -0.39 is 17.6 Å². The molecule has 0 aliphatic rings. The van der Waals surface area contributed by atoms with Crippen molar-refractivity contribution in [2.45, 2.75) is 34.2 Å². The zero-order valence-corrected chi connectivity index (χ0v) is 20.5. The molecule has 35 heavy (non-hydrogen) atoms. The van der Waals surface area contributed by atoms with Crippen molar-refractivity contribution < 1.29 is 23.1 Å². The lowest BCUT2D eigenvalue weighted by Crippen LogP contribution is -2.35. The van der Waals surface area contributed by atoms with Crippen LogP contribution in [0.2, 0.25) is 0 Å². The van der Waals surface area contributed by atoms with E-state index in [1.807, 2.05) is 13.8 Å². The standard InChI is InChI=1S/C25H29F2N5O3/c1-6-35-25(34)18(15(2)3)14-31(5)24-20(27)12-28-23(29-24)21-11-22(16(4)33)32(30-21)13-17-9-7-8-10-19(17)26/h7-12,15,18H,6,13-14H2,1-5H3/t18-/m1/s1. The summed E-state index contributed by atoms with van der Waals surface area (Å²) in [4.78, 5) is 34.5. The van der Waals surface area contributed by atoms with Gasteiger partial charge in [-0.15, -0.1) is 0 Å². The molecular weight excluding hydrogens is 456 g/mol. The predicted molar refractivity (Wildman–Crippen MR) is 127 cm³/mol. The van der Waals surface area contributed by atoms with Crippen molar-refractivity contribution >= 4 is 17.6 Å². The Bertz CT molecular complexity index is 1210. The number of Topliss-reactive ketones (excluding diaryl/α,β-unsaturated/α-hetero) is 1. The zero-order chi connectivity index (χ0) is 25.7. The number of rotatable bonds is 10. The van der Waals surface area contributed by atoms with Crippen molar-refractivity contribution in [1.82, 2.24) is 19.7 Å². The lowest BCUT2D eigenvalue weighted by molar-refractivity contribution is -0.149. The maximum absolute atomic E-state index is 14.7. The molecule has 0 aliphatic heterocycles. The van der Waals surface area contributed by atoms with Crippen LogP contribution in [0.25, 0.3) is 11.5 Å². The number of aromatic nitrogens is 4. The van der Waals surface area contributed by atoms with E-state index >= 15 is 0 Å². The van der Waals surface area contributed by atoms with Crippen LogP contribution in [0.3, 0.4) is 0 Å². The van der Waals surface area contributed by atoms with Gasteiger partial charge in [-0.2, -0.15) is 5.10 Å². The lowest BCUT2D eigenvalue weighted by Gasteiger charge is -2.26. The molecule has 10 heteroatoms. The molecule has 2 aromatic heterocycles. The Balaban J connectivity index is 1.93. The summed E-state index contributed by atoms with van der Waals surface area (Å²) in [5, 5.41) is 4.40. The highest BCUT2D eigenvalue weighted by atomic mass is 19.1. The monoisotopic (exact) mass is 485 g/mol. The minimum Gasteiger partial charge on any atom is -0.466 e. The average Bonchev–Trinajstić information content (AvgIpc) is 3.23. The third-order valence-corrected chi connectivity index (χ3v) is 5.60. The highest BCUT2D eigenvalue weighted by Crippen LogP contribution is 2.24. The zero-order valence-electron chi connectivity index (χ0n) is 20.5. The van der Waals surface area contributed by atoms with Crippen LogP contribution >= 0.6 is 0 Å². The van der Waals surface area contributed by atoms with E-state index in [-0.39, 0.29) is 60.4 Å². The average molecular weight is 486 g/mol. The molecule has 3 aromatic rings. The van der Waals surface area contributed by atoms with Gasteiger partial charge in [-0.25, -0.2) is 18.7 Å². The molecule has 1 atom stereocenters. The predicted octanol–water partition coefficient (Wildman–Crippen LogP) is 4.14. The Morgan fingerprint density at radius 1 is 1.17 bits per heavy atom. The van der Waals surface area contributed by atoms with E-state index in [1.54, 1.807) is 32.2 Å². The lowest BCUT2D eigenvalue weighted by atomic mass is 9.95. The fraction of sp³-hybridized carbons (Fsp3) is 0.400. The largest absolute Gasteiger partial charge is 0.466 e. The number of halogens is 2. The molecule has 0 aliphatic carbocycles. The molecule has 0 saturated heterocycles. The summed E-state index contributed by atoms with van der Waals surface area (Å²) in [5.74, 6) is -2.15. The Kier molecular flexibility index (Phi) is 8.26. The smallest absolute Gasteiger partial charge is 0.310 e. The number of ketones is 1. The van der Waals surface area contributed by atoms with Gasteiger partial charge in [0.25, 0.3) is 0 Å². The summed E-state index contributed by atoms with van der Waals surface area (Å²) in [6.45, 7) is 7.37. The van der Waals surface area contributed by atoms with Crippen LogP contribution in [0.4, 0.5) is 14.6 Å². The van der Waals surface area contributed by atoms with Crippen molar-refractivity contribution in [2.24, 2.45) is 11.8 Å². The van der Waals surface area contributed by atoms with E-state index in [9.17, 15) is 18.4 Å². The molecule has 0 spiro atoms. The highest BCUT2D eigenvalue weighted by molar-refractivity contribution is 5.93. The summed E-state index contributed by atoms with van der Waals surface area (Å²) in [5.41, 5.74) is 0.851. The quantitative estimate of drug-likeness (QED) is 0.315. The van der Waals surface area contributed by atoms with E-state index in [2.05, 4.69) is 15.1 Å². The Labute approximate surface area is 202 Å². The molecule has 0 unspecified atom stereocenters. The van der Waals surface area contributed by atoms with Gasteiger partial charge in [-0.3, -0.25) is 14.3 Å². The van der Waals surface area contributed by atoms with Gasteiger partial charge in [0.2, 0.25) is 0 Å². The topological polar surface area (TPSA) is 90.2 Å². The minimum atomic E-state index is -0.666. The van der Waals surface area contributed by atoms with Crippen LogP contribution in [-0.2, 0) is 16.1 Å². The number of benzene rings is 1. The first-order chi connectivity index (χ1) is 16.6.